The molecule has 1 aliphatic heterocycles. The normalized spacial score (nSPS) is 21.1. The number of carbonyl (C=O) groups excluding carboxylic acids is 1. The molecule has 3 atom stereocenters. The first-order valence-electron chi connectivity index (χ1n) is 5.89. The van der Waals surface area contributed by atoms with E-state index in [2.05, 4.69) is 17.9 Å². The van der Waals surface area contributed by atoms with Crippen LogP contribution in [-0.4, -0.2) is 57.1 Å². The summed E-state index contributed by atoms with van der Waals surface area (Å²) >= 11 is 3.81. The molecule has 0 aromatic carbocycles. The summed E-state index contributed by atoms with van der Waals surface area (Å²) < 4.78 is 10.9. The highest BCUT2D eigenvalue weighted by molar-refractivity contribution is 8.00. The van der Waals surface area contributed by atoms with Crippen LogP contribution >= 0.6 is 12.6 Å². The summed E-state index contributed by atoms with van der Waals surface area (Å²) in [7, 11) is -1.53. The molecule has 112 valence electrons. The fraction of sp³-hybridized carbons (Fsp3) is 0.800. The maximum atomic E-state index is 10.9. The van der Waals surface area contributed by atoms with E-state index in [-0.39, 0.29) is 24.1 Å². The van der Waals surface area contributed by atoms with Crippen molar-refractivity contribution in [1.29, 1.82) is 0 Å². The average Bonchev–Trinajstić information content (AvgIpc) is 2.92. The van der Waals surface area contributed by atoms with Gasteiger partial charge in [0.05, 0.1) is 16.8 Å². The predicted molar refractivity (Wildman–Crippen MR) is 77.6 cm³/mol. The number of rotatable bonds is 5. The number of nitrogens with one attached hydrogen (secondary N) is 1. The summed E-state index contributed by atoms with van der Waals surface area (Å²) in [5, 5.41) is 10.7. The Morgan fingerprint density at radius 1 is 1.53 bits per heavy atom. The second-order valence-corrected chi connectivity index (χ2v) is 5.80. The van der Waals surface area contributed by atoms with Gasteiger partial charge in [-0.15, -0.1) is 0 Å². The van der Waals surface area contributed by atoms with Crippen LogP contribution in [0, 0.1) is 0 Å². The van der Waals surface area contributed by atoms with Crippen LogP contribution in [0.1, 0.15) is 12.8 Å². The number of aliphatic carboxylic acids is 1. The first-order chi connectivity index (χ1) is 8.93. The van der Waals surface area contributed by atoms with E-state index in [1.54, 1.807) is 0 Å². The maximum Gasteiger partial charge on any atom is 0.320 e. The molecule has 1 saturated heterocycles. The van der Waals surface area contributed by atoms with Gasteiger partial charge in [-0.3, -0.25) is 13.8 Å². The van der Waals surface area contributed by atoms with Crippen molar-refractivity contribution in [1.82, 2.24) is 5.32 Å². The molecule has 7 nitrogen and oxygen atoms in total. The number of thiol groups is 1. The third-order valence-electron chi connectivity index (χ3n) is 2.39. The fourth-order valence-electron chi connectivity index (χ4n) is 1.35. The van der Waals surface area contributed by atoms with Gasteiger partial charge in [-0.05, 0) is 19.4 Å². The van der Waals surface area contributed by atoms with Crippen LogP contribution in [0.4, 0.5) is 0 Å². The van der Waals surface area contributed by atoms with Gasteiger partial charge in [0.25, 0.3) is 0 Å². The molecule has 6 N–H and O–H groups in total. The van der Waals surface area contributed by atoms with Crippen molar-refractivity contribution in [2.24, 2.45) is 11.5 Å². The van der Waals surface area contributed by atoms with Gasteiger partial charge in [0.15, 0.2) is 0 Å². The molecule has 1 unspecified atom stereocenters. The minimum absolute atomic E-state index is 0.181. The monoisotopic (exact) mass is 311 g/mol. The Hall–Kier alpha value is -0.480. The smallest absolute Gasteiger partial charge is 0.320 e. The van der Waals surface area contributed by atoms with Crippen molar-refractivity contribution >= 4 is 34.5 Å². The van der Waals surface area contributed by atoms with Gasteiger partial charge in [0, 0.05) is 18.1 Å². The van der Waals surface area contributed by atoms with Gasteiger partial charge in [0.1, 0.15) is 6.04 Å². The lowest BCUT2D eigenvalue weighted by Crippen LogP contribution is -2.36. The Kier molecular flexibility index (Phi) is 10.1. The van der Waals surface area contributed by atoms with Gasteiger partial charge in [-0.1, -0.05) is 0 Å². The number of hydrogen-bond donors (Lipinski definition) is 5. The van der Waals surface area contributed by atoms with Crippen molar-refractivity contribution in [3.05, 3.63) is 0 Å². The molecular weight excluding hydrogens is 290 g/mol. The SMILES string of the molecule is NCCS(=O)C(=O)[C@@H](N)CS.O=C(O)[C@@H]1CCCN1. The quantitative estimate of drug-likeness (QED) is 0.382. The van der Waals surface area contributed by atoms with E-state index in [4.69, 9.17) is 16.6 Å². The molecule has 1 rings (SSSR count). The number of nitrogens with two attached hydrogens (primary N) is 2. The van der Waals surface area contributed by atoms with E-state index in [9.17, 15) is 13.8 Å². The molecule has 0 bridgehead atoms. The molecule has 0 saturated carbocycles. The Morgan fingerprint density at radius 3 is 2.47 bits per heavy atom. The molecule has 9 heteroatoms. The van der Waals surface area contributed by atoms with E-state index >= 15 is 0 Å². The zero-order valence-corrected chi connectivity index (χ0v) is 12.3. The van der Waals surface area contributed by atoms with Gasteiger partial charge in [-0.2, -0.15) is 12.6 Å². The highest BCUT2D eigenvalue weighted by atomic mass is 32.2. The summed E-state index contributed by atoms with van der Waals surface area (Å²) in [4.78, 5) is 21.1. The van der Waals surface area contributed by atoms with E-state index in [1.165, 1.54) is 0 Å². The Bertz CT molecular complexity index is 322. The second-order valence-electron chi connectivity index (χ2n) is 3.93. The lowest BCUT2D eigenvalue weighted by Gasteiger charge is -2.04. The van der Waals surface area contributed by atoms with Crippen LogP contribution in [0.15, 0.2) is 0 Å². The third-order valence-corrected chi connectivity index (χ3v) is 4.14. The molecule has 0 amide bonds. The van der Waals surface area contributed by atoms with Crippen molar-refractivity contribution < 1.29 is 18.9 Å². The molecule has 0 aromatic heterocycles. The highest BCUT2D eigenvalue weighted by Gasteiger charge is 2.20. The van der Waals surface area contributed by atoms with Gasteiger partial charge < -0.3 is 21.9 Å². The zero-order valence-electron chi connectivity index (χ0n) is 10.6. The van der Waals surface area contributed by atoms with Crippen LogP contribution in [0.25, 0.3) is 0 Å². The number of hydrogen-bond acceptors (Lipinski definition) is 7. The van der Waals surface area contributed by atoms with Crippen molar-refractivity contribution in [3.8, 4) is 0 Å². The number of carboxylic acid groups (broad SMARTS) is 1. The van der Waals surface area contributed by atoms with Crippen molar-refractivity contribution in [3.63, 3.8) is 0 Å². The molecule has 1 aliphatic rings. The molecule has 0 radical (unpaired) electrons. The largest absolute Gasteiger partial charge is 0.480 e. The van der Waals surface area contributed by atoms with Crippen LogP contribution in [0.5, 0.6) is 0 Å². The van der Waals surface area contributed by atoms with Crippen molar-refractivity contribution in [2.75, 3.05) is 24.6 Å². The first-order valence-corrected chi connectivity index (χ1v) is 7.84. The Morgan fingerprint density at radius 2 is 2.16 bits per heavy atom. The van der Waals surface area contributed by atoms with E-state index in [0.717, 1.165) is 19.4 Å². The van der Waals surface area contributed by atoms with E-state index < -0.39 is 27.9 Å². The minimum Gasteiger partial charge on any atom is -0.480 e. The molecule has 0 spiro atoms. The lowest BCUT2D eigenvalue weighted by atomic mass is 10.2. The first kappa shape index (κ1) is 18.5. The highest BCUT2D eigenvalue weighted by Crippen LogP contribution is 2.03. The minimum atomic E-state index is -1.53. The maximum absolute atomic E-state index is 10.9. The van der Waals surface area contributed by atoms with Gasteiger partial charge >= 0.3 is 5.97 Å². The van der Waals surface area contributed by atoms with Gasteiger partial charge in [-0.25, -0.2) is 0 Å². The summed E-state index contributed by atoms with van der Waals surface area (Å²) in [5.41, 5.74) is 10.4. The molecule has 1 fully saturated rings. The Labute approximate surface area is 120 Å². The number of carboxylic acids is 1. The summed E-state index contributed by atoms with van der Waals surface area (Å²) in [6.45, 7) is 1.09. The molecule has 0 aliphatic carbocycles. The summed E-state index contributed by atoms with van der Waals surface area (Å²) in [6.07, 6.45) is 1.78. The standard InChI is InChI=1S/C5H12N2O2S2.C5H9NO2/c6-1-2-11(9)5(8)4(7)3-10;7-5(8)4-2-1-3-6-4/h4,10H,1-3,6-7H2;4,6H,1-3H2,(H,7,8)/t4-,11?;4-/m00/s1. The molecule has 1 heterocycles. The average molecular weight is 311 g/mol. The fourth-order valence-corrected chi connectivity index (χ4v) is 2.47. The second kappa shape index (κ2) is 10.3. The lowest BCUT2D eigenvalue weighted by molar-refractivity contribution is -0.139. The number of carbonyl (C=O) groups is 2. The van der Waals surface area contributed by atoms with Gasteiger partial charge in [0.2, 0.25) is 5.12 Å². The van der Waals surface area contributed by atoms with E-state index in [0.29, 0.717) is 0 Å². The topological polar surface area (TPSA) is 136 Å². The molecule has 0 aromatic rings. The Balaban J connectivity index is 0.000000356. The summed E-state index contributed by atoms with van der Waals surface area (Å²) in [6, 6.07) is -0.999. The third kappa shape index (κ3) is 7.63. The van der Waals surface area contributed by atoms with Crippen LogP contribution in [0.3, 0.4) is 0 Å². The van der Waals surface area contributed by atoms with Crippen molar-refractivity contribution in [2.45, 2.75) is 24.9 Å². The van der Waals surface area contributed by atoms with E-state index in [1.807, 2.05) is 0 Å². The summed E-state index contributed by atoms with van der Waals surface area (Å²) in [5.74, 6) is -0.322. The van der Waals surface area contributed by atoms with Crippen LogP contribution in [-0.2, 0) is 20.4 Å². The van der Waals surface area contributed by atoms with Crippen LogP contribution < -0.4 is 16.8 Å². The zero-order chi connectivity index (χ0) is 14.8. The van der Waals surface area contributed by atoms with Crippen LogP contribution in [0.2, 0.25) is 0 Å². The predicted octanol–water partition coefficient (Wildman–Crippen LogP) is -1.70. The molecule has 19 heavy (non-hydrogen) atoms. The molecular formula is C10H21N3O4S2.